The number of nitrogens with zero attached hydrogens (tertiary/aromatic N) is 1. The number of ether oxygens (including phenoxy) is 1. The summed E-state index contributed by atoms with van der Waals surface area (Å²) in [5.74, 6) is -0.0296. The van der Waals surface area contributed by atoms with E-state index in [0.717, 1.165) is 5.69 Å². The van der Waals surface area contributed by atoms with Gasteiger partial charge in [-0.1, -0.05) is 6.07 Å². The van der Waals surface area contributed by atoms with Crippen LogP contribution >= 0.6 is 0 Å². The average Bonchev–Trinajstić information content (AvgIpc) is 2.37. The van der Waals surface area contributed by atoms with Crippen molar-refractivity contribution in [2.24, 2.45) is 0 Å². The van der Waals surface area contributed by atoms with Crippen molar-refractivity contribution in [3.63, 3.8) is 0 Å². The molecule has 5 heteroatoms. The highest BCUT2D eigenvalue weighted by Gasteiger charge is 2.11. The number of carbonyl (C=O) groups excluding carboxylic acids is 1. The maximum atomic E-state index is 11.6. The second kappa shape index (κ2) is 7.76. The fourth-order valence-electron chi connectivity index (χ4n) is 1.28. The minimum Gasteiger partial charge on any atom is -0.383 e. The quantitative estimate of drug-likeness (QED) is 0.671. The molecule has 0 spiro atoms. The maximum absolute atomic E-state index is 11.6. The topological polar surface area (TPSA) is 63.2 Å². The Morgan fingerprint density at radius 2 is 2.35 bits per heavy atom. The molecule has 94 valence electrons. The van der Waals surface area contributed by atoms with Crippen molar-refractivity contribution in [2.45, 2.75) is 19.5 Å². The van der Waals surface area contributed by atoms with Gasteiger partial charge >= 0.3 is 0 Å². The van der Waals surface area contributed by atoms with Crippen molar-refractivity contribution >= 4 is 5.91 Å². The minimum absolute atomic E-state index is 0.0296. The molecule has 1 atom stereocenters. The molecule has 17 heavy (non-hydrogen) atoms. The zero-order valence-corrected chi connectivity index (χ0v) is 10.3. The van der Waals surface area contributed by atoms with E-state index >= 15 is 0 Å². The van der Waals surface area contributed by atoms with Gasteiger partial charge in [0.1, 0.15) is 0 Å². The van der Waals surface area contributed by atoms with Gasteiger partial charge < -0.3 is 15.4 Å². The van der Waals surface area contributed by atoms with E-state index in [4.69, 9.17) is 4.74 Å². The Hall–Kier alpha value is -1.46. The van der Waals surface area contributed by atoms with Gasteiger partial charge in [0.2, 0.25) is 5.91 Å². The second-order valence-electron chi connectivity index (χ2n) is 3.71. The highest BCUT2D eigenvalue weighted by Crippen LogP contribution is 1.93. The van der Waals surface area contributed by atoms with Crippen LogP contribution in [0.3, 0.4) is 0 Å². The van der Waals surface area contributed by atoms with Crippen LogP contribution in [0.2, 0.25) is 0 Å². The summed E-state index contributed by atoms with van der Waals surface area (Å²) in [6.45, 7) is 3.47. The van der Waals surface area contributed by atoms with E-state index in [9.17, 15) is 4.79 Å². The van der Waals surface area contributed by atoms with E-state index < -0.39 is 0 Å². The first-order chi connectivity index (χ1) is 8.24. The van der Waals surface area contributed by atoms with E-state index in [1.807, 2.05) is 25.1 Å². The highest BCUT2D eigenvalue weighted by atomic mass is 16.5. The molecule has 1 aromatic heterocycles. The summed E-state index contributed by atoms with van der Waals surface area (Å²) in [7, 11) is 1.61. The summed E-state index contributed by atoms with van der Waals surface area (Å²) < 4.78 is 4.86. The number of amides is 1. The molecule has 0 aliphatic heterocycles. The van der Waals surface area contributed by atoms with Crippen LogP contribution in [0.4, 0.5) is 0 Å². The molecule has 1 aromatic rings. The predicted molar refractivity (Wildman–Crippen MR) is 65.4 cm³/mol. The van der Waals surface area contributed by atoms with Crippen LogP contribution in [0.25, 0.3) is 0 Å². The average molecular weight is 237 g/mol. The molecule has 5 nitrogen and oxygen atoms in total. The van der Waals surface area contributed by atoms with Gasteiger partial charge in [-0.2, -0.15) is 0 Å². The normalized spacial score (nSPS) is 12.1. The van der Waals surface area contributed by atoms with Crippen molar-refractivity contribution in [1.82, 2.24) is 15.6 Å². The number of rotatable bonds is 7. The monoisotopic (exact) mass is 237 g/mol. The first kappa shape index (κ1) is 13.6. The fourth-order valence-corrected chi connectivity index (χ4v) is 1.28. The third-order valence-electron chi connectivity index (χ3n) is 2.31. The van der Waals surface area contributed by atoms with Gasteiger partial charge in [0.25, 0.3) is 0 Å². The van der Waals surface area contributed by atoms with Crippen LogP contribution in [0.5, 0.6) is 0 Å². The Bertz CT molecular complexity index is 330. The van der Waals surface area contributed by atoms with E-state index in [-0.39, 0.29) is 11.9 Å². The van der Waals surface area contributed by atoms with Gasteiger partial charge in [0, 0.05) is 26.4 Å². The Balaban J connectivity index is 2.24. The summed E-state index contributed by atoms with van der Waals surface area (Å²) in [5.41, 5.74) is 0.920. The minimum atomic E-state index is -0.242. The van der Waals surface area contributed by atoms with Gasteiger partial charge in [-0.15, -0.1) is 0 Å². The molecule has 0 saturated heterocycles. The van der Waals surface area contributed by atoms with E-state index in [1.165, 1.54) is 0 Å². The van der Waals surface area contributed by atoms with Crippen LogP contribution in [-0.4, -0.2) is 37.2 Å². The first-order valence-electron chi connectivity index (χ1n) is 5.64. The molecule has 0 aliphatic rings. The molecular formula is C12H19N3O2. The van der Waals surface area contributed by atoms with Gasteiger partial charge in [0.15, 0.2) is 0 Å². The third-order valence-corrected chi connectivity index (χ3v) is 2.31. The molecule has 0 aliphatic carbocycles. The molecule has 0 aromatic carbocycles. The molecule has 2 N–H and O–H groups in total. The number of methoxy groups -OCH3 is 1. The zero-order chi connectivity index (χ0) is 12.5. The van der Waals surface area contributed by atoms with Crippen molar-refractivity contribution < 1.29 is 9.53 Å². The molecule has 0 bridgehead atoms. The Labute approximate surface area is 102 Å². The van der Waals surface area contributed by atoms with Crippen LogP contribution in [0, 0.1) is 0 Å². The maximum Gasteiger partial charge on any atom is 0.236 e. The van der Waals surface area contributed by atoms with Crippen molar-refractivity contribution in [3.05, 3.63) is 30.1 Å². The van der Waals surface area contributed by atoms with Crippen LogP contribution in [0.15, 0.2) is 24.4 Å². The number of pyridine rings is 1. The van der Waals surface area contributed by atoms with Crippen molar-refractivity contribution in [2.75, 3.05) is 20.3 Å². The van der Waals surface area contributed by atoms with Gasteiger partial charge in [0.05, 0.1) is 18.3 Å². The molecule has 0 fully saturated rings. The van der Waals surface area contributed by atoms with Crippen LogP contribution < -0.4 is 10.6 Å². The van der Waals surface area contributed by atoms with E-state index in [1.54, 1.807) is 13.3 Å². The van der Waals surface area contributed by atoms with Gasteiger partial charge in [-0.3, -0.25) is 9.78 Å². The van der Waals surface area contributed by atoms with Crippen molar-refractivity contribution in [3.8, 4) is 0 Å². The molecule has 1 unspecified atom stereocenters. The Morgan fingerprint density at radius 3 is 3.00 bits per heavy atom. The lowest BCUT2D eigenvalue weighted by atomic mass is 10.3. The smallest absolute Gasteiger partial charge is 0.236 e. The SMILES string of the molecule is COCCNC(=O)C(C)NCc1ccccn1. The Morgan fingerprint density at radius 1 is 1.53 bits per heavy atom. The lowest BCUT2D eigenvalue weighted by molar-refractivity contribution is -0.122. The summed E-state index contributed by atoms with van der Waals surface area (Å²) >= 11 is 0. The molecule has 1 heterocycles. The number of carbonyl (C=O) groups is 1. The van der Waals surface area contributed by atoms with Crippen LogP contribution in [-0.2, 0) is 16.1 Å². The lowest BCUT2D eigenvalue weighted by Gasteiger charge is -2.13. The zero-order valence-electron chi connectivity index (χ0n) is 10.3. The van der Waals surface area contributed by atoms with E-state index in [0.29, 0.717) is 19.7 Å². The number of nitrogens with one attached hydrogen (secondary N) is 2. The summed E-state index contributed by atoms with van der Waals surface area (Å²) in [5, 5.41) is 5.88. The summed E-state index contributed by atoms with van der Waals surface area (Å²) in [6, 6.07) is 5.47. The number of hydrogen-bond donors (Lipinski definition) is 2. The van der Waals surface area contributed by atoms with E-state index in [2.05, 4.69) is 15.6 Å². The standard InChI is InChI=1S/C12H19N3O2/c1-10(12(16)14-7-8-17-2)15-9-11-5-3-4-6-13-11/h3-6,10,15H,7-9H2,1-2H3,(H,14,16). The molecule has 0 radical (unpaired) electrons. The highest BCUT2D eigenvalue weighted by molar-refractivity contribution is 5.81. The van der Waals surface area contributed by atoms with Gasteiger partial charge in [-0.05, 0) is 19.1 Å². The first-order valence-corrected chi connectivity index (χ1v) is 5.64. The van der Waals surface area contributed by atoms with Crippen LogP contribution in [0.1, 0.15) is 12.6 Å². The number of hydrogen-bond acceptors (Lipinski definition) is 4. The predicted octanol–water partition coefficient (Wildman–Crippen LogP) is 0.322. The third kappa shape index (κ3) is 5.42. The second-order valence-corrected chi connectivity index (χ2v) is 3.71. The summed E-state index contributed by atoms with van der Waals surface area (Å²) in [4.78, 5) is 15.8. The lowest BCUT2D eigenvalue weighted by Crippen LogP contribution is -2.42. The fraction of sp³-hybridized carbons (Fsp3) is 0.500. The van der Waals surface area contributed by atoms with Crippen molar-refractivity contribution in [1.29, 1.82) is 0 Å². The number of aromatic nitrogens is 1. The Kier molecular flexibility index (Phi) is 6.21. The molecule has 0 saturated carbocycles. The van der Waals surface area contributed by atoms with Gasteiger partial charge in [-0.25, -0.2) is 0 Å². The molecule has 1 rings (SSSR count). The summed E-state index contributed by atoms with van der Waals surface area (Å²) in [6.07, 6.45) is 1.74. The molecule has 1 amide bonds. The molecular weight excluding hydrogens is 218 g/mol. The largest absolute Gasteiger partial charge is 0.383 e.